The van der Waals surface area contributed by atoms with E-state index >= 15 is 0 Å². The van der Waals surface area contributed by atoms with E-state index in [1.165, 1.54) is 17.5 Å². The lowest BCUT2D eigenvalue weighted by molar-refractivity contribution is -0.131. The molecule has 2 rings (SSSR count). The van der Waals surface area contributed by atoms with E-state index in [9.17, 15) is 5.11 Å². The molecule has 3 atom stereocenters. The molecule has 2 nitrogen and oxygen atoms in total. The van der Waals surface area contributed by atoms with E-state index in [0.29, 0.717) is 12.3 Å². The van der Waals surface area contributed by atoms with Crippen molar-refractivity contribution in [3.8, 4) is 0 Å². The summed E-state index contributed by atoms with van der Waals surface area (Å²) in [5.74, 6) is 0.639. The zero-order chi connectivity index (χ0) is 13.9. The number of benzene rings is 1. The second kappa shape index (κ2) is 6.06. The predicted octanol–water partition coefficient (Wildman–Crippen LogP) is 3.49. The smallest absolute Gasteiger partial charge is 0.0942 e. The van der Waals surface area contributed by atoms with E-state index in [1.54, 1.807) is 7.11 Å². The molecule has 19 heavy (non-hydrogen) atoms. The van der Waals surface area contributed by atoms with Crippen LogP contribution in [0.3, 0.4) is 0 Å². The molecule has 0 bridgehead atoms. The second-order valence-electron chi connectivity index (χ2n) is 6.12. The first-order valence-corrected chi connectivity index (χ1v) is 7.35. The van der Waals surface area contributed by atoms with Gasteiger partial charge in [0.2, 0.25) is 0 Å². The average Bonchev–Trinajstić information content (AvgIpc) is 2.41. The van der Waals surface area contributed by atoms with Gasteiger partial charge in [-0.15, -0.1) is 0 Å². The molecule has 0 aliphatic heterocycles. The van der Waals surface area contributed by atoms with Crippen LogP contribution in [0.4, 0.5) is 0 Å². The predicted molar refractivity (Wildman–Crippen MR) is 78.3 cm³/mol. The van der Waals surface area contributed by atoms with Crippen LogP contribution in [0, 0.1) is 12.8 Å². The van der Waals surface area contributed by atoms with Crippen LogP contribution >= 0.6 is 0 Å². The highest BCUT2D eigenvalue weighted by Gasteiger charge is 2.41. The molecule has 2 heteroatoms. The van der Waals surface area contributed by atoms with E-state index in [4.69, 9.17) is 4.74 Å². The van der Waals surface area contributed by atoms with Crippen LogP contribution in [-0.2, 0) is 11.2 Å². The lowest BCUT2D eigenvalue weighted by Crippen LogP contribution is -2.48. The fourth-order valence-electron chi connectivity index (χ4n) is 3.40. The third-order valence-corrected chi connectivity index (χ3v) is 4.68. The fourth-order valence-corrected chi connectivity index (χ4v) is 3.40. The Morgan fingerprint density at radius 2 is 2.16 bits per heavy atom. The third kappa shape index (κ3) is 3.18. The number of aliphatic hydroxyl groups excluding tert-OH is 1. The van der Waals surface area contributed by atoms with Crippen molar-refractivity contribution < 1.29 is 9.84 Å². The van der Waals surface area contributed by atoms with Gasteiger partial charge in [0.15, 0.2) is 0 Å². The summed E-state index contributed by atoms with van der Waals surface area (Å²) in [4.78, 5) is 0. The number of methoxy groups -OCH3 is 1. The summed E-state index contributed by atoms with van der Waals surface area (Å²) in [7, 11) is 1.75. The molecule has 0 radical (unpaired) electrons. The Hall–Kier alpha value is -0.860. The Labute approximate surface area is 116 Å². The quantitative estimate of drug-likeness (QED) is 0.900. The molecule has 106 valence electrons. The molecule has 1 N–H and O–H groups in total. The first-order chi connectivity index (χ1) is 9.07. The van der Waals surface area contributed by atoms with Gasteiger partial charge < -0.3 is 9.84 Å². The summed E-state index contributed by atoms with van der Waals surface area (Å²) in [5.41, 5.74) is 2.13. The molecule has 0 amide bonds. The third-order valence-electron chi connectivity index (χ3n) is 4.68. The van der Waals surface area contributed by atoms with E-state index in [0.717, 1.165) is 19.3 Å². The summed E-state index contributed by atoms with van der Waals surface area (Å²) in [6, 6.07) is 8.29. The summed E-state index contributed by atoms with van der Waals surface area (Å²) in [6.45, 7) is 4.36. The molecule has 0 aromatic heterocycles. The minimum absolute atomic E-state index is 0.347. The van der Waals surface area contributed by atoms with Crippen LogP contribution < -0.4 is 0 Å². The highest BCUT2D eigenvalue weighted by molar-refractivity contribution is 5.26. The number of hydrogen-bond donors (Lipinski definition) is 1. The Bertz CT molecular complexity index is 415. The number of aryl methyl sites for hydroxylation is 1. The summed E-state index contributed by atoms with van der Waals surface area (Å²) in [5, 5.41) is 10.7. The van der Waals surface area contributed by atoms with E-state index < -0.39 is 6.10 Å². The monoisotopic (exact) mass is 262 g/mol. The van der Waals surface area contributed by atoms with Crippen LogP contribution in [0.1, 0.15) is 43.7 Å². The minimum Gasteiger partial charge on any atom is -0.390 e. The van der Waals surface area contributed by atoms with Crippen molar-refractivity contribution in [2.45, 2.75) is 57.7 Å². The number of rotatable bonds is 4. The molecule has 0 heterocycles. The zero-order valence-corrected chi connectivity index (χ0v) is 12.4. The van der Waals surface area contributed by atoms with Gasteiger partial charge in [-0.2, -0.15) is 0 Å². The SMILES string of the molecule is COC1(C(O)Cc2ccccc2C)CCCC(C)C1. The van der Waals surface area contributed by atoms with Crippen LogP contribution in [0.15, 0.2) is 24.3 Å². The molecule has 1 saturated carbocycles. The van der Waals surface area contributed by atoms with Gasteiger partial charge in [-0.05, 0) is 36.8 Å². The average molecular weight is 262 g/mol. The zero-order valence-electron chi connectivity index (χ0n) is 12.4. The van der Waals surface area contributed by atoms with Crippen molar-refractivity contribution in [1.29, 1.82) is 0 Å². The van der Waals surface area contributed by atoms with Gasteiger partial charge >= 0.3 is 0 Å². The molecule has 0 saturated heterocycles. The van der Waals surface area contributed by atoms with Crippen molar-refractivity contribution in [1.82, 2.24) is 0 Å². The standard InChI is InChI=1S/C17H26O2/c1-13-7-6-10-17(12-13,19-3)16(18)11-15-9-5-4-8-14(15)2/h4-5,8-9,13,16,18H,6-7,10-12H2,1-3H3. The first kappa shape index (κ1) is 14.5. The number of ether oxygens (including phenoxy) is 1. The van der Waals surface area contributed by atoms with E-state index in [1.807, 2.05) is 12.1 Å². The van der Waals surface area contributed by atoms with Crippen molar-refractivity contribution in [3.63, 3.8) is 0 Å². The van der Waals surface area contributed by atoms with Crippen molar-refractivity contribution in [3.05, 3.63) is 35.4 Å². The maximum absolute atomic E-state index is 10.7. The van der Waals surface area contributed by atoms with Crippen molar-refractivity contribution in [2.75, 3.05) is 7.11 Å². The maximum Gasteiger partial charge on any atom is 0.0942 e. The molecular weight excluding hydrogens is 236 g/mol. The first-order valence-electron chi connectivity index (χ1n) is 7.35. The second-order valence-corrected chi connectivity index (χ2v) is 6.12. The maximum atomic E-state index is 10.7. The molecule has 3 unspecified atom stereocenters. The highest BCUT2D eigenvalue weighted by Crippen LogP contribution is 2.38. The molecule has 1 aromatic carbocycles. The lowest BCUT2D eigenvalue weighted by Gasteiger charge is -2.42. The molecular formula is C17H26O2. The molecule has 1 fully saturated rings. The summed E-state index contributed by atoms with van der Waals surface area (Å²) in [6.07, 6.45) is 4.62. The van der Waals surface area contributed by atoms with E-state index in [-0.39, 0.29) is 5.60 Å². The van der Waals surface area contributed by atoms with Crippen LogP contribution in [-0.4, -0.2) is 23.9 Å². The topological polar surface area (TPSA) is 29.5 Å². The largest absolute Gasteiger partial charge is 0.390 e. The Morgan fingerprint density at radius 3 is 2.79 bits per heavy atom. The van der Waals surface area contributed by atoms with Gasteiger partial charge in [-0.1, -0.05) is 44.0 Å². The number of aliphatic hydroxyl groups is 1. The summed E-state index contributed by atoms with van der Waals surface area (Å²) >= 11 is 0. The van der Waals surface area contributed by atoms with Crippen LogP contribution in [0.25, 0.3) is 0 Å². The highest BCUT2D eigenvalue weighted by atomic mass is 16.5. The number of hydrogen-bond acceptors (Lipinski definition) is 2. The van der Waals surface area contributed by atoms with Gasteiger partial charge in [-0.3, -0.25) is 0 Å². The van der Waals surface area contributed by atoms with Crippen molar-refractivity contribution in [2.24, 2.45) is 5.92 Å². The molecule has 1 aromatic rings. The van der Waals surface area contributed by atoms with E-state index in [2.05, 4.69) is 26.0 Å². The fraction of sp³-hybridized carbons (Fsp3) is 0.647. The lowest BCUT2D eigenvalue weighted by atomic mass is 9.74. The van der Waals surface area contributed by atoms with Gasteiger partial charge in [0.25, 0.3) is 0 Å². The van der Waals surface area contributed by atoms with Gasteiger partial charge in [0.1, 0.15) is 0 Å². The van der Waals surface area contributed by atoms with Gasteiger partial charge in [0, 0.05) is 13.5 Å². The molecule has 1 aliphatic rings. The molecule has 0 spiro atoms. The Balaban J connectivity index is 2.13. The molecule has 1 aliphatic carbocycles. The minimum atomic E-state index is -0.415. The normalized spacial score (nSPS) is 29.2. The van der Waals surface area contributed by atoms with Crippen LogP contribution in [0.2, 0.25) is 0 Å². The Kier molecular flexibility index (Phi) is 4.64. The van der Waals surface area contributed by atoms with Gasteiger partial charge in [0.05, 0.1) is 11.7 Å². The van der Waals surface area contributed by atoms with Gasteiger partial charge in [-0.25, -0.2) is 0 Å². The summed E-state index contributed by atoms with van der Waals surface area (Å²) < 4.78 is 5.77. The Morgan fingerprint density at radius 1 is 1.42 bits per heavy atom. The van der Waals surface area contributed by atoms with Crippen molar-refractivity contribution >= 4 is 0 Å². The van der Waals surface area contributed by atoms with Crippen LogP contribution in [0.5, 0.6) is 0 Å².